The molecule has 0 aliphatic rings. The number of nitrogens with zero attached hydrogens (tertiary/aromatic N) is 1. The van der Waals surface area contributed by atoms with Gasteiger partial charge in [-0.15, -0.1) is 9.42 Å². The lowest BCUT2D eigenvalue weighted by atomic mass is 9.90. The molecule has 9 heteroatoms. The second-order valence-corrected chi connectivity index (χ2v) is 10.4. The third-order valence-corrected chi connectivity index (χ3v) is 5.37. The average Bonchev–Trinajstić information content (AvgIpc) is 2.27. The molecule has 0 amide bonds. The van der Waals surface area contributed by atoms with Crippen molar-refractivity contribution in [1.29, 1.82) is 0 Å². The second-order valence-electron chi connectivity index (χ2n) is 7.76. The number of rotatable bonds is 8. The van der Waals surface area contributed by atoms with Gasteiger partial charge in [-0.2, -0.15) is 4.31 Å². The summed E-state index contributed by atoms with van der Waals surface area (Å²) in [5.41, 5.74) is -0.793. The van der Waals surface area contributed by atoms with E-state index in [0.717, 1.165) is 6.26 Å². The van der Waals surface area contributed by atoms with Gasteiger partial charge in [-0.25, -0.2) is 8.42 Å². The maximum Gasteiger partial charge on any atom is 0.694 e. The molecule has 0 heterocycles. The van der Waals surface area contributed by atoms with Crippen LogP contribution in [0.25, 0.3) is 0 Å². The lowest BCUT2D eigenvalue weighted by Gasteiger charge is -2.37. The van der Waals surface area contributed by atoms with E-state index in [-0.39, 0.29) is 24.7 Å². The maximum atomic E-state index is 12.1. The molecule has 3 atom stereocenters. The fourth-order valence-electron chi connectivity index (χ4n) is 1.87. The Bertz CT molecular complexity index is 494. The highest BCUT2D eigenvalue weighted by molar-refractivity contribution is 7.88. The topological polar surface area (TPSA) is 93.1 Å². The van der Waals surface area contributed by atoms with E-state index in [9.17, 15) is 13.0 Å². The minimum atomic E-state index is -3.47. The molecule has 0 aromatic heterocycles. The Balaban J connectivity index is 5.30. The van der Waals surface area contributed by atoms with Gasteiger partial charge in [0.1, 0.15) is 12.7 Å². The van der Waals surface area contributed by atoms with Crippen LogP contribution in [-0.2, 0) is 23.8 Å². The standard InChI is InChI=1S/C14H30NO6PS/c1-11(13(2,3)4)21-12(10-20-22(16)17)9-15(14(5,6)7)23(8,18)19/h11-12H,9-10H2,1-8H3/p+1/t11-,12-/m0/s1. The minimum absolute atomic E-state index is 0.0475. The largest absolute Gasteiger partial charge is 0.694 e. The van der Waals surface area contributed by atoms with Crippen LogP contribution in [0.5, 0.6) is 0 Å². The first-order chi connectivity index (χ1) is 10.0. The van der Waals surface area contributed by atoms with Crippen LogP contribution >= 0.6 is 8.25 Å². The number of sulfonamides is 1. The van der Waals surface area contributed by atoms with E-state index in [1.165, 1.54) is 4.31 Å². The second kappa shape index (κ2) is 8.32. The Morgan fingerprint density at radius 3 is 1.96 bits per heavy atom. The summed E-state index contributed by atoms with van der Waals surface area (Å²) in [7, 11) is -6.23. The van der Waals surface area contributed by atoms with Gasteiger partial charge in [-0.3, -0.25) is 0 Å². The SMILES string of the molecule is C[C@H](O[C@H](CO[P+](=O)O)CN(C(C)(C)C)S(C)(=O)=O)C(C)(C)C. The predicted octanol–water partition coefficient (Wildman–Crippen LogP) is 2.53. The number of ether oxygens (including phenoxy) is 1. The molecule has 0 spiro atoms. The quantitative estimate of drug-likeness (QED) is 0.658. The Kier molecular flexibility index (Phi) is 8.28. The van der Waals surface area contributed by atoms with Gasteiger partial charge in [0.15, 0.2) is 0 Å². The summed E-state index contributed by atoms with van der Waals surface area (Å²) in [5.74, 6) is 0. The van der Waals surface area contributed by atoms with E-state index in [1.807, 2.05) is 27.7 Å². The van der Waals surface area contributed by atoms with Crippen molar-refractivity contribution in [1.82, 2.24) is 4.31 Å². The van der Waals surface area contributed by atoms with Crippen molar-refractivity contribution in [2.75, 3.05) is 19.4 Å². The van der Waals surface area contributed by atoms with Crippen LogP contribution in [0, 0.1) is 5.41 Å². The van der Waals surface area contributed by atoms with E-state index in [0.29, 0.717) is 0 Å². The zero-order valence-corrected chi connectivity index (χ0v) is 17.1. The summed E-state index contributed by atoms with van der Waals surface area (Å²) in [4.78, 5) is 8.85. The molecule has 1 unspecified atom stereocenters. The molecule has 1 N–H and O–H groups in total. The summed E-state index contributed by atoms with van der Waals surface area (Å²) in [5, 5.41) is 0. The first-order valence-corrected chi connectivity index (χ1v) is 10.5. The van der Waals surface area contributed by atoms with E-state index in [1.54, 1.807) is 20.8 Å². The highest BCUT2D eigenvalue weighted by Gasteiger charge is 2.35. The zero-order chi connectivity index (χ0) is 18.6. The van der Waals surface area contributed by atoms with Crippen molar-refractivity contribution in [2.24, 2.45) is 5.41 Å². The average molecular weight is 372 g/mol. The molecule has 0 aliphatic heterocycles. The lowest BCUT2D eigenvalue weighted by Crippen LogP contribution is -2.50. The van der Waals surface area contributed by atoms with E-state index in [4.69, 9.17) is 14.2 Å². The summed E-state index contributed by atoms with van der Waals surface area (Å²) in [6, 6.07) is 0. The first kappa shape index (κ1) is 22.9. The van der Waals surface area contributed by atoms with Gasteiger partial charge in [0.25, 0.3) is 0 Å². The molecule has 0 saturated carbocycles. The summed E-state index contributed by atoms with van der Waals surface area (Å²) in [6.45, 7) is 13.1. The Morgan fingerprint density at radius 1 is 1.17 bits per heavy atom. The summed E-state index contributed by atoms with van der Waals surface area (Å²) >= 11 is 0. The molecule has 0 aromatic rings. The van der Waals surface area contributed by atoms with Gasteiger partial charge in [-0.05, 0) is 33.1 Å². The van der Waals surface area contributed by atoms with Crippen molar-refractivity contribution in [3.63, 3.8) is 0 Å². The van der Waals surface area contributed by atoms with E-state index < -0.39 is 29.9 Å². The van der Waals surface area contributed by atoms with E-state index in [2.05, 4.69) is 0 Å². The molecule has 23 heavy (non-hydrogen) atoms. The predicted molar refractivity (Wildman–Crippen MR) is 90.9 cm³/mol. The van der Waals surface area contributed by atoms with Crippen molar-refractivity contribution >= 4 is 18.3 Å². The Morgan fingerprint density at radius 2 is 1.65 bits per heavy atom. The summed E-state index contributed by atoms with van der Waals surface area (Å²) < 4.78 is 46.9. The van der Waals surface area contributed by atoms with Crippen molar-refractivity contribution in [2.45, 2.75) is 66.2 Å². The third-order valence-electron chi connectivity index (χ3n) is 3.51. The normalized spacial score (nSPS) is 17.2. The Hall–Kier alpha value is -0.110. The fraction of sp³-hybridized carbons (Fsp3) is 1.00. The van der Waals surface area contributed by atoms with Crippen LogP contribution in [0.3, 0.4) is 0 Å². The van der Waals surface area contributed by atoms with Gasteiger partial charge in [0.05, 0.1) is 12.4 Å². The zero-order valence-electron chi connectivity index (χ0n) is 15.4. The fourth-order valence-corrected chi connectivity index (χ4v) is 3.59. The third kappa shape index (κ3) is 9.08. The van der Waals surface area contributed by atoms with Crippen LogP contribution in [-0.4, -0.2) is 54.8 Å². The van der Waals surface area contributed by atoms with E-state index >= 15 is 0 Å². The molecule has 138 valence electrons. The molecule has 0 saturated heterocycles. The van der Waals surface area contributed by atoms with Crippen LogP contribution in [0.4, 0.5) is 0 Å². The molecule has 0 rings (SSSR count). The van der Waals surface area contributed by atoms with Gasteiger partial charge in [-0.1, -0.05) is 20.8 Å². The van der Waals surface area contributed by atoms with Crippen LogP contribution in [0.1, 0.15) is 48.5 Å². The molecule has 0 fully saturated rings. The highest BCUT2D eigenvalue weighted by atomic mass is 32.2. The van der Waals surface area contributed by atoms with Gasteiger partial charge in [0, 0.05) is 16.6 Å². The highest BCUT2D eigenvalue weighted by Crippen LogP contribution is 2.26. The molecule has 7 nitrogen and oxygen atoms in total. The molecular formula is C14H31NO6PS+. The number of hydrogen-bond acceptors (Lipinski definition) is 5. The molecular weight excluding hydrogens is 341 g/mol. The van der Waals surface area contributed by atoms with Crippen LogP contribution in [0.15, 0.2) is 0 Å². The molecule has 0 aliphatic carbocycles. The van der Waals surface area contributed by atoms with Crippen molar-refractivity contribution < 1.29 is 27.1 Å². The monoisotopic (exact) mass is 372 g/mol. The van der Waals surface area contributed by atoms with Gasteiger partial charge >= 0.3 is 8.25 Å². The Labute approximate surface area is 141 Å². The van der Waals surface area contributed by atoms with Crippen molar-refractivity contribution in [3.8, 4) is 0 Å². The first-order valence-electron chi connectivity index (χ1n) is 7.47. The van der Waals surface area contributed by atoms with Crippen molar-refractivity contribution in [3.05, 3.63) is 0 Å². The van der Waals surface area contributed by atoms with Crippen LogP contribution < -0.4 is 0 Å². The molecule has 0 bridgehead atoms. The van der Waals surface area contributed by atoms with Crippen LogP contribution in [0.2, 0.25) is 0 Å². The van der Waals surface area contributed by atoms with Gasteiger partial charge in [0.2, 0.25) is 10.0 Å². The summed E-state index contributed by atoms with van der Waals surface area (Å²) in [6.07, 6.45) is 0.300. The smallest absolute Gasteiger partial charge is 0.371 e. The number of hydrogen-bond donors (Lipinski definition) is 1. The molecule has 0 aromatic carbocycles. The minimum Gasteiger partial charge on any atom is -0.371 e. The van der Waals surface area contributed by atoms with Gasteiger partial charge < -0.3 is 4.74 Å². The maximum absolute atomic E-state index is 12.1. The lowest BCUT2D eigenvalue weighted by molar-refractivity contribution is -0.0795. The molecule has 0 radical (unpaired) electrons.